The fraction of sp³-hybridized carbons (Fsp3) is 0.583. The largest absolute Gasteiger partial charge is 0.354 e. The van der Waals surface area contributed by atoms with Crippen LogP contribution in [0.5, 0.6) is 0 Å². The summed E-state index contributed by atoms with van der Waals surface area (Å²) in [6.45, 7) is 6.36. The summed E-state index contributed by atoms with van der Waals surface area (Å²) in [5.41, 5.74) is 0.833. The Balaban J connectivity index is 1.05. The molecule has 1 N–H and O–H groups in total. The molecule has 0 spiro atoms. The second-order valence-corrected chi connectivity index (χ2v) is 10.3. The van der Waals surface area contributed by atoms with Crippen molar-refractivity contribution in [3.63, 3.8) is 0 Å². The van der Waals surface area contributed by atoms with Gasteiger partial charge in [0.15, 0.2) is 0 Å². The molecular weight excluding hydrogens is 450 g/mol. The number of hydrogen-bond donors (Lipinski definition) is 1. The van der Waals surface area contributed by atoms with Crippen LogP contribution < -0.4 is 10.9 Å². The van der Waals surface area contributed by atoms with Gasteiger partial charge < -0.3 is 15.1 Å². The van der Waals surface area contributed by atoms with E-state index in [1.807, 2.05) is 17.5 Å². The number of fused-ring (bicyclic) bond motifs is 1. The van der Waals surface area contributed by atoms with Crippen LogP contribution in [0.1, 0.15) is 38.5 Å². The van der Waals surface area contributed by atoms with E-state index in [1.165, 1.54) is 60.7 Å². The molecule has 10 heteroatoms. The predicted molar refractivity (Wildman–Crippen MR) is 133 cm³/mol. The van der Waals surface area contributed by atoms with Crippen LogP contribution in [0.3, 0.4) is 0 Å². The summed E-state index contributed by atoms with van der Waals surface area (Å²) in [6.07, 6.45) is 9.00. The smallest absolute Gasteiger partial charge is 0.293 e. The maximum absolute atomic E-state index is 12.8. The van der Waals surface area contributed by atoms with Gasteiger partial charge in [0.2, 0.25) is 5.91 Å². The summed E-state index contributed by atoms with van der Waals surface area (Å²) in [5, 5.41) is 13.4. The molecule has 0 unspecified atom stereocenters. The van der Waals surface area contributed by atoms with Crippen LogP contribution in [0.15, 0.2) is 34.7 Å². The zero-order valence-corrected chi connectivity index (χ0v) is 20.4. The molecule has 182 valence electrons. The first-order valence-corrected chi connectivity index (χ1v) is 13.3. The first-order chi connectivity index (χ1) is 16.7. The lowest BCUT2D eigenvalue weighted by molar-refractivity contribution is -0.121. The van der Waals surface area contributed by atoms with Crippen molar-refractivity contribution in [2.75, 3.05) is 39.3 Å². The van der Waals surface area contributed by atoms with Gasteiger partial charge in [-0.2, -0.15) is 10.2 Å². The summed E-state index contributed by atoms with van der Waals surface area (Å²) in [6, 6.07) is 6.42. The number of carbonyl (C=O) groups is 1. The zero-order chi connectivity index (χ0) is 23.3. The standard InChI is InChI=1S/C24H33N7O2S/c32-23(25-9-5-10-28-13-7-19(8-14-28)29-11-2-1-3-12-29)17-30-24(33)21-16-20(22-6-4-15-34-22)27-31(21)18-26-30/h4,6,15-16,18-19H,1-3,5,7-14,17H2,(H,25,32). The molecule has 5 rings (SSSR count). The van der Waals surface area contributed by atoms with E-state index in [9.17, 15) is 9.59 Å². The Morgan fingerprint density at radius 3 is 2.74 bits per heavy atom. The van der Waals surface area contributed by atoms with Crippen molar-refractivity contribution >= 4 is 22.8 Å². The Hall–Kier alpha value is -2.56. The van der Waals surface area contributed by atoms with Gasteiger partial charge in [-0.25, -0.2) is 9.20 Å². The monoisotopic (exact) mass is 483 g/mol. The molecule has 0 aromatic carbocycles. The molecule has 0 atom stereocenters. The summed E-state index contributed by atoms with van der Waals surface area (Å²) in [5.74, 6) is -0.194. The number of thiophene rings is 1. The van der Waals surface area contributed by atoms with E-state index < -0.39 is 0 Å². The molecule has 2 aliphatic rings. The fourth-order valence-electron chi connectivity index (χ4n) is 5.11. The lowest BCUT2D eigenvalue weighted by Gasteiger charge is -2.40. The van der Waals surface area contributed by atoms with Gasteiger partial charge in [-0.1, -0.05) is 12.5 Å². The summed E-state index contributed by atoms with van der Waals surface area (Å²) in [7, 11) is 0. The molecule has 0 aliphatic carbocycles. The quantitative estimate of drug-likeness (QED) is 0.494. The van der Waals surface area contributed by atoms with Crippen molar-refractivity contribution in [2.45, 2.75) is 51.1 Å². The highest BCUT2D eigenvalue weighted by atomic mass is 32.1. The third kappa shape index (κ3) is 5.39. The van der Waals surface area contributed by atoms with Crippen LogP contribution in [0, 0.1) is 0 Å². The Labute approximate surface area is 203 Å². The molecule has 1 amide bonds. The second kappa shape index (κ2) is 10.8. The van der Waals surface area contributed by atoms with E-state index in [1.54, 1.807) is 17.4 Å². The van der Waals surface area contributed by atoms with Gasteiger partial charge in [-0.3, -0.25) is 9.59 Å². The number of piperidine rings is 2. The van der Waals surface area contributed by atoms with Gasteiger partial charge >= 0.3 is 0 Å². The number of likely N-dealkylation sites (tertiary alicyclic amines) is 2. The number of rotatable bonds is 8. The number of nitrogens with one attached hydrogen (secondary N) is 1. The van der Waals surface area contributed by atoms with Gasteiger partial charge in [0.1, 0.15) is 24.1 Å². The SMILES string of the molecule is O=C(Cn1ncn2nc(-c3cccs3)cc2c1=O)NCCCN1CCC(N2CCCCC2)CC1. The highest BCUT2D eigenvalue weighted by molar-refractivity contribution is 7.13. The Bertz CT molecular complexity index is 1140. The van der Waals surface area contributed by atoms with E-state index in [0.29, 0.717) is 12.1 Å². The third-order valence-electron chi connectivity index (χ3n) is 6.99. The van der Waals surface area contributed by atoms with Crippen LogP contribution >= 0.6 is 11.3 Å². The number of hydrogen-bond acceptors (Lipinski definition) is 7. The minimum atomic E-state index is -0.315. The number of carbonyl (C=O) groups excluding carboxylic acids is 1. The van der Waals surface area contributed by atoms with E-state index in [2.05, 4.69) is 25.3 Å². The lowest BCUT2D eigenvalue weighted by atomic mass is 10.00. The average molecular weight is 484 g/mol. The first kappa shape index (κ1) is 23.2. The molecule has 2 aliphatic heterocycles. The van der Waals surface area contributed by atoms with E-state index in [4.69, 9.17) is 0 Å². The molecule has 2 fully saturated rings. The van der Waals surface area contributed by atoms with Crippen LogP contribution in [-0.2, 0) is 11.3 Å². The predicted octanol–water partition coefficient (Wildman–Crippen LogP) is 2.08. The molecule has 2 saturated heterocycles. The maximum atomic E-state index is 12.8. The molecule has 3 aromatic rings. The van der Waals surface area contributed by atoms with Crippen LogP contribution in [-0.4, -0.2) is 80.4 Å². The molecule has 3 aromatic heterocycles. The normalized spacial score (nSPS) is 18.5. The first-order valence-electron chi connectivity index (χ1n) is 12.4. The third-order valence-corrected chi connectivity index (χ3v) is 7.89. The highest BCUT2D eigenvalue weighted by Crippen LogP contribution is 2.23. The Kier molecular flexibility index (Phi) is 7.36. The van der Waals surface area contributed by atoms with Crippen molar-refractivity contribution in [3.8, 4) is 10.6 Å². The molecule has 34 heavy (non-hydrogen) atoms. The summed E-state index contributed by atoms with van der Waals surface area (Å²) in [4.78, 5) is 31.4. The van der Waals surface area contributed by atoms with Crippen LogP contribution in [0.2, 0.25) is 0 Å². The van der Waals surface area contributed by atoms with Crippen molar-refractivity contribution < 1.29 is 4.79 Å². The van der Waals surface area contributed by atoms with E-state index in [-0.39, 0.29) is 18.0 Å². The highest BCUT2D eigenvalue weighted by Gasteiger charge is 2.25. The van der Waals surface area contributed by atoms with Crippen molar-refractivity contribution in [3.05, 3.63) is 40.3 Å². The Morgan fingerprint density at radius 2 is 1.97 bits per heavy atom. The van der Waals surface area contributed by atoms with E-state index >= 15 is 0 Å². The van der Waals surface area contributed by atoms with Crippen molar-refractivity contribution in [2.24, 2.45) is 0 Å². The van der Waals surface area contributed by atoms with Crippen LogP contribution in [0.25, 0.3) is 16.1 Å². The second-order valence-electron chi connectivity index (χ2n) is 9.30. The van der Waals surface area contributed by atoms with E-state index in [0.717, 1.165) is 42.7 Å². The summed E-state index contributed by atoms with van der Waals surface area (Å²) < 4.78 is 2.68. The van der Waals surface area contributed by atoms with Gasteiger partial charge in [0.25, 0.3) is 5.56 Å². The van der Waals surface area contributed by atoms with Gasteiger partial charge in [0, 0.05) is 12.6 Å². The van der Waals surface area contributed by atoms with Gasteiger partial charge in [0.05, 0.1) is 4.88 Å². The Morgan fingerprint density at radius 1 is 1.15 bits per heavy atom. The number of aromatic nitrogens is 4. The molecule has 9 nitrogen and oxygen atoms in total. The molecule has 5 heterocycles. The van der Waals surface area contributed by atoms with Crippen LogP contribution in [0.4, 0.5) is 0 Å². The van der Waals surface area contributed by atoms with Crippen molar-refractivity contribution in [1.29, 1.82) is 0 Å². The molecule has 0 saturated carbocycles. The number of nitrogens with zero attached hydrogens (tertiary/aromatic N) is 6. The molecule has 0 bridgehead atoms. The minimum absolute atomic E-state index is 0.0872. The maximum Gasteiger partial charge on any atom is 0.293 e. The average Bonchev–Trinajstić information content (AvgIpc) is 3.55. The summed E-state index contributed by atoms with van der Waals surface area (Å²) >= 11 is 1.57. The number of amides is 1. The zero-order valence-electron chi connectivity index (χ0n) is 19.6. The minimum Gasteiger partial charge on any atom is -0.354 e. The fourth-order valence-corrected chi connectivity index (χ4v) is 5.79. The van der Waals surface area contributed by atoms with Gasteiger partial charge in [-0.05, 0) is 82.3 Å². The molecular formula is C24H33N7O2S. The molecule has 0 radical (unpaired) electrons. The lowest BCUT2D eigenvalue weighted by Crippen LogP contribution is -2.47. The van der Waals surface area contributed by atoms with Crippen molar-refractivity contribution in [1.82, 2.24) is 34.5 Å². The van der Waals surface area contributed by atoms with Gasteiger partial charge in [-0.15, -0.1) is 11.3 Å². The topological polar surface area (TPSA) is 87.8 Å².